The summed E-state index contributed by atoms with van der Waals surface area (Å²) >= 11 is 5.90. The summed E-state index contributed by atoms with van der Waals surface area (Å²) in [6.45, 7) is 3.96. The molecule has 0 spiro atoms. The Morgan fingerprint density at radius 1 is 1.46 bits per heavy atom. The van der Waals surface area contributed by atoms with Crippen LogP contribution in [-0.4, -0.2) is 11.1 Å². The molecule has 0 saturated carbocycles. The van der Waals surface area contributed by atoms with Crippen LogP contribution < -0.4 is 0 Å². The van der Waals surface area contributed by atoms with Gasteiger partial charge in [-0.05, 0) is 29.7 Å². The van der Waals surface area contributed by atoms with E-state index < -0.39 is 5.97 Å². The number of hydrogen-bond donors (Lipinski definition) is 1. The lowest BCUT2D eigenvalue weighted by atomic mass is 10.0. The first-order valence-corrected chi connectivity index (χ1v) is 4.43. The topological polar surface area (TPSA) is 37.3 Å². The fourth-order valence-electron chi connectivity index (χ4n) is 1.12. The van der Waals surface area contributed by atoms with E-state index in [0.717, 1.165) is 5.56 Å². The normalized spacial score (nSPS) is 10.5. The summed E-state index contributed by atoms with van der Waals surface area (Å²) in [5.41, 5.74) is 1.16. The standard InChI is InChI=1S/C10H11ClO2/c1-6(2)8-5-7(10(12)13)3-4-9(8)11/h3-6H,1-2H3,(H,12,13). The average Bonchev–Trinajstić information content (AvgIpc) is 2.04. The first-order valence-electron chi connectivity index (χ1n) is 4.05. The molecule has 3 heteroatoms. The first kappa shape index (κ1) is 10.1. The van der Waals surface area contributed by atoms with Gasteiger partial charge in [0.1, 0.15) is 0 Å². The second-order valence-electron chi connectivity index (χ2n) is 3.20. The molecule has 0 bridgehead atoms. The van der Waals surface area contributed by atoms with Gasteiger partial charge in [-0.15, -0.1) is 0 Å². The van der Waals surface area contributed by atoms with Gasteiger partial charge < -0.3 is 5.11 Å². The molecule has 0 heterocycles. The van der Waals surface area contributed by atoms with Gasteiger partial charge in [0, 0.05) is 5.02 Å². The molecule has 0 radical (unpaired) electrons. The summed E-state index contributed by atoms with van der Waals surface area (Å²) in [6.07, 6.45) is 0. The number of halogens is 1. The smallest absolute Gasteiger partial charge is 0.335 e. The van der Waals surface area contributed by atoms with Gasteiger partial charge in [0.2, 0.25) is 0 Å². The maximum absolute atomic E-state index is 10.6. The predicted molar refractivity (Wildman–Crippen MR) is 52.5 cm³/mol. The minimum Gasteiger partial charge on any atom is -0.478 e. The Bertz CT molecular complexity index is 332. The van der Waals surface area contributed by atoms with Crippen molar-refractivity contribution < 1.29 is 9.90 Å². The molecule has 0 aliphatic rings. The Balaban J connectivity index is 3.19. The van der Waals surface area contributed by atoms with Crippen LogP contribution in [0.3, 0.4) is 0 Å². The highest BCUT2D eigenvalue weighted by Crippen LogP contribution is 2.25. The Hall–Kier alpha value is -1.02. The molecule has 70 valence electrons. The molecule has 0 aromatic heterocycles. The first-order chi connectivity index (χ1) is 6.02. The quantitative estimate of drug-likeness (QED) is 0.793. The number of hydrogen-bond acceptors (Lipinski definition) is 1. The van der Waals surface area contributed by atoms with E-state index in [1.807, 2.05) is 13.8 Å². The van der Waals surface area contributed by atoms with E-state index >= 15 is 0 Å². The Kier molecular flexibility index (Phi) is 2.94. The van der Waals surface area contributed by atoms with Crippen LogP contribution in [0.1, 0.15) is 35.7 Å². The third-order valence-corrected chi connectivity index (χ3v) is 2.21. The molecule has 1 aromatic carbocycles. The molecule has 1 aromatic rings. The fourth-order valence-corrected chi connectivity index (χ4v) is 1.45. The van der Waals surface area contributed by atoms with Crippen LogP contribution in [0.25, 0.3) is 0 Å². The van der Waals surface area contributed by atoms with Gasteiger partial charge in [0.25, 0.3) is 0 Å². The number of carbonyl (C=O) groups is 1. The molecule has 0 aliphatic heterocycles. The maximum Gasteiger partial charge on any atom is 0.335 e. The van der Waals surface area contributed by atoms with Crippen molar-refractivity contribution in [2.45, 2.75) is 19.8 Å². The molecule has 2 nitrogen and oxygen atoms in total. The molecule has 0 aliphatic carbocycles. The summed E-state index contributed by atoms with van der Waals surface area (Å²) in [4.78, 5) is 10.6. The van der Waals surface area contributed by atoms with Gasteiger partial charge in [-0.2, -0.15) is 0 Å². The largest absolute Gasteiger partial charge is 0.478 e. The number of carboxylic acid groups (broad SMARTS) is 1. The van der Waals surface area contributed by atoms with E-state index in [2.05, 4.69) is 0 Å². The highest BCUT2D eigenvalue weighted by atomic mass is 35.5. The van der Waals surface area contributed by atoms with Gasteiger partial charge in [0.05, 0.1) is 5.56 Å². The van der Waals surface area contributed by atoms with Crippen LogP contribution in [0.5, 0.6) is 0 Å². The Morgan fingerprint density at radius 3 is 2.54 bits per heavy atom. The third kappa shape index (κ3) is 2.22. The highest BCUT2D eigenvalue weighted by Gasteiger charge is 2.09. The number of rotatable bonds is 2. The third-order valence-electron chi connectivity index (χ3n) is 1.86. The van der Waals surface area contributed by atoms with Crippen molar-refractivity contribution in [1.29, 1.82) is 0 Å². The molecular formula is C10H11ClO2. The Labute approximate surface area is 82.2 Å². The van der Waals surface area contributed by atoms with Crippen molar-refractivity contribution in [3.8, 4) is 0 Å². The summed E-state index contributed by atoms with van der Waals surface area (Å²) in [5.74, 6) is -0.676. The second-order valence-corrected chi connectivity index (χ2v) is 3.60. The lowest BCUT2D eigenvalue weighted by Gasteiger charge is -2.08. The molecule has 1 N–H and O–H groups in total. The zero-order valence-electron chi connectivity index (χ0n) is 7.54. The Morgan fingerprint density at radius 2 is 2.08 bits per heavy atom. The second kappa shape index (κ2) is 3.79. The fraction of sp³-hybridized carbons (Fsp3) is 0.300. The van der Waals surface area contributed by atoms with Gasteiger partial charge >= 0.3 is 5.97 Å². The van der Waals surface area contributed by atoms with E-state index in [0.29, 0.717) is 5.02 Å². The number of benzene rings is 1. The van der Waals surface area contributed by atoms with Crippen LogP contribution in [0.15, 0.2) is 18.2 Å². The number of carboxylic acids is 1. The predicted octanol–water partition coefficient (Wildman–Crippen LogP) is 3.16. The van der Waals surface area contributed by atoms with Crippen molar-refractivity contribution >= 4 is 17.6 Å². The summed E-state index contributed by atoms with van der Waals surface area (Å²) in [7, 11) is 0. The zero-order valence-corrected chi connectivity index (χ0v) is 8.30. The van der Waals surface area contributed by atoms with E-state index in [-0.39, 0.29) is 11.5 Å². The van der Waals surface area contributed by atoms with Crippen LogP contribution in [-0.2, 0) is 0 Å². The summed E-state index contributed by atoms with van der Waals surface area (Å²) < 4.78 is 0. The molecule has 0 fully saturated rings. The van der Waals surface area contributed by atoms with E-state index in [1.54, 1.807) is 12.1 Å². The van der Waals surface area contributed by atoms with Crippen LogP contribution in [0.2, 0.25) is 5.02 Å². The van der Waals surface area contributed by atoms with Crippen molar-refractivity contribution in [2.24, 2.45) is 0 Å². The minimum absolute atomic E-state index is 0.242. The SMILES string of the molecule is CC(C)c1cc(C(=O)O)ccc1Cl. The maximum atomic E-state index is 10.6. The van der Waals surface area contributed by atoms with Crippen molar-refractivity contribution in [1.82, 2.24) is 0 Å². The van der Waals surface area contributed by atoms with E-state index in [4.69, 9.17) is 16.7 Å². The van der Waals surface area contributed by atoms with Crippen molar-refractivity contribution in [2.75, 3.05) is 0 Å². The number of aromatic carboxylic acids is 1. The monoisotopic (exact) mass is 198 g/mol. The summed E-state index contributed by atoms with van der Waals surface area (Å²) in [6, 6.07) is 4.76. The van der Waals surface area contributed by atoms with Gasteiger partial charge in [-0.25, -0.2) is 4.79 Å². The van der Waals surface area contributed by atoms with Crippen molar-refractivity contribution in [3.63, 3.8) is 0 Å². The average molecular weight is 199 g/mol. The van der Waals surface area contributed by atoms with E-state index in [1.165, 1.54) is 6.07 Å². The minimum atomic E-state index is -0.918. The lowest BCUT2D eigenvalue weighted by molar-refractivity contribution is 0.0697. The molecule has 0 atom stereocenters. The van der Waals surface area contributed by atoms with Crippen molar-refractivity contribution in [3.05, 3.63) is 34.3 Å². The molecule has 0 amide bonds. The van der Waals surface area contributed by atoms with E-state index in [9.17, 15) is 4.79 Å². The molecule has 13 heavy (non-hydrogen) atoms. The molecule has 0 unspecified atom stereocenters. The van der Waals surface area contributed by atoms with Gasteiger partial charge in [-0.3, -0.25) is 0 Å². The highest BCUT2D eigenvalue weighted by molar-refractivity contribution is 6.31. The summed E-state index contributed by atoms with van der Waals surface area (Å²) in [5, 5.41) is 9.36. The van der Waals surface area contributed by atoms with Crippen LogP contribution >= 0.6 is 11.6 Å². The molecule has 1 rings (SSSR count). The van der Waals surface area contributed by atoms with Gasteiger partial charge in [-0.1, -0.05) is 25.4 Å². The van der Waals surface area contributed by atoms with Crippen LogP contribution in [0.4, 0.5) is 0 Å². The molecule has 0 saturated heterocycles. The molecular weight excluding hydrogens is 188 g/mol. The van der Waals surface area contributed by atoms with Gasteiger partial charge in [0.15, 0.2) is 0 Å². The van der Waals surface area contributed by atoms with Crippen LogP contribution in [0, 0.1) is 0 Å². The lowest BCUT2D eigenvalue weighted by Crippen LogP contribution is -1.98. The zero-order chi connectivity index (χ0) is 10.0.